The highest BCUT2D eigenvalue weighted by Gasteiger charge is 2.21. The summed E-state index contributed by atoms with van der Waals surface area (Å²) in [6.45, 7) is 0. The Morgan fingerprint density at radius 2 is 0.759 bits per heavy atom. The van der Waals surface area contributed by atoms with Crippen molar-refractivity contribution < 1.29 is 0 Å². The summed E-state index contributed by atoms with van der Waals surface area (Å²) in [6.07, 6.45) is 0. The lowest BCUT2D eigenvalue weighted by Crippen LogP contribution is -2.06. The fourth-order valence-electron chi connectivity index (χ4n) is 8.84. The number of hydrogen-bond donors (Lipinski definition) is 0. The molecule has 0 aliphatic heterocycles. The number of aromatic nitrogens is 5. The Labute approximate surface area is 333 Å². The standard InChI is InChI=1S/C53H33N5/c1-3-15-34(16-4-1)36-19-13-21-38(29-36)51-54-52(39-22-14-20-37(30-39)35-17-5-2-6-18-35)56-53(55-51)58-47-28-12-10-26-44(47)45-31-40-32-49-43-25-8-7-23-41(43)42-24-9-11-27-46(42)57(49)48(40)33-50(45)58/h1-33H. The fraction of sp³-hybridized carbons (Fsp3) is 0. The molecule has 0 radical (unpaired) electrons. The van der Waals surface area contributed by atoms with Crippen LogP contribution in [0.25, 0.3) is 111 Å². The summed E-state index contributed by atoms with van der Waals surface area (Å²) in [5.41, 5.74) is 11.9. The van der Waals surface area contributed by atoms with Gasteiger partial charge in [0.2, 0.25) is 5.95 Å². The van der Waals surface area contributed by atoms with E-state index in [1.165, 1.54) is 32.6 Å². The van der Waals surface area contributed by atoms with Crippen molar-refractivity contribution >= 4 is 59.9 Å². The maximum absolute atomic E-state index is 5.34. The van der Waals surface area contributed by atoms with E-state index in [1.807, 2.05) is 12.1 Å². The normalized spacial score (nSPS) is 11.8. The second kappa shape index (κ2) is 12.8. The molecule has 5 nitrogen and oxygen atoms in total. The van der Waals surface area contributed by atoms with E-state index in [0.29, 0.717) is 17.6 Å². The first-order valence-electron chi connectivity index (χ1n) is 19.6. The molecule has 0 N–H and O–H groups in total. The summed E-state index contributed by atoms with van der Waals surface area (Å²) < 4.78 is 4.65. The minimum Gasteiger partial charge on any atom is -0.309 e. The zero-order chi connectivity index (χ0) is 38.2. The fourth-order valence-corrected chi connectivity index (χ4v) is 8.84. The van der Waals surface area contributed by atoms with E-state index < -0.39 is 0 Å². The molecule has 0 bridgehead atoms. The quantitative estimate of drug-likeness (QED) is 0.165. The summed E-state index contributed by atoms with van der Waals surface area (Å²) in [6, 6.07) is 70.9. The Bertz CT molecular complexity index is 3460. The topological polar surface area (TPSA) is 48.0 Å². The first kappa shape index (κ1) is 32.4. The van der Waals surface area contributed by atoms with Crippen LogP contribution in [0, 0.1) is 0 Å². The molecule has 0 fully saturated rings. The molecule has 12 rings (SSSR count). The first-order valence-corrected chi connectivity index (χ1v) is 19.6. The molecule has 5 heteroatoms. The van der Waals surface area contributed by atoms with Gasteiger partial charge in [-0.05, 0) is 70.1 Å². The Balaban J connectivity index is 1.15. The van der Waals surface area contributed by atoms with Crippen LogP contribution in [0.15, 0.2) is 200 Å². The minimum atomic E-state index is 0.567. The van der Waals surface area contributed by atoms with Crippen molar-refractivity contribution in [2.75, 3.05) is 0 Å². The highest BCUT2D eigenvalue weighted by atomic mass is 15.2. The number of nitrogens with zero attached hydrogens (tertiary/aromatic N) is 5. The summed E-state index contributed by atoms with van der Waals surface area (Å²) in [5, 5.41) is 7.19. The lowest BCUT2D eigenvalue weighted by molar-refractivity contribution is 0.954. The van der Waals surface area contributed by atoms with Crippen molar-refractivity contribution in [3.63, 3.8) is 0 Å². The van der Waals surface area contributed by atoms with Gasteiger partial charge in [-0.2, -0.15) is 9.97 Å². The van der Waals surface area contributed by atoms with Gasteiger partial charge in [0, 0.05) is 38.1 Å². The molecule has 4 aromatic heterocycles. The van der Waals surface area contributed by atoms with E-state index in [4.69, 9.17) is 15.0 Å². The molecule has 0 aliphatic carbocycles. The average Bonchev–Trinajstić information content (AvgIpc) is 3.84. The van der Waals surface area contributed by atoms with Crippen molar-refractivity contribution in [1.82, 2.24) is 23.9 Å². The Morgan fingerprint density at radius 3 is 1.38 bits per heavy atom. The average molecular weight is 740 g/mol. The van der Waals surface area contributed by atoms with Gasteiger partial charge in [0.25, 0.3) is 0 Å². The second-order valence-corrected chi connectivity index (χ2v) is 14.9. The van der Waals surface area contributed by atoms with Crippen LogP contribution in [0.5, 0.6) is 0 Å². The van der Waals surface area contributed by atoms with E-state index in [9.17, 15) is 0 Å². The van der Waals surface area contributed by atoms with Gasteiger partial charge in [-0.25, -0.2) is 4.98 Å². The molecule has 0 saturated carbocycles. The van der Waals surface area contributed by atoms with Gasteiger partial charge < -0.3 is 4.40 Å². The largest absolute Gasteiger partial charge is 0.309 e. The molecule has 0 atom stereocenters. The van der Waals surface area contributed by atoms with Gasteiger partial charge in [0.1, 0.15) is 0 Å². The van der Waals surface area contributed by atoms with Crippen molar-refractivity contribution in [2.24, 2.45) is 0 Å². The third-order valence-electron chi connectivity index (χ3n) is 11.5. The summed E-state index contributed by atoms with van der Waals surface area (Å²) >= 11 is 0. The van der Waals surface area contributed by atoms with Gasteiger partial charge in [-0.3, -0.25) is 4.57 Å². The zero-order valence-electron chi connectivity index (χ0n) is 31.3. The highest BCUT2D eigenvalue weighted by molar-refractivity contribution is 6.18. The molecule has 0 saturated heterocycles. The number of pyridine rings is 1. The van der Waals surface area contributed by atoms with Crippen LogP contribution in [0.1, 0.15) is 0 Å². The number of rotatable bonds is 5. The molecule has 270 valence electrons. The SMILES string of the molecule is c1ccc(-c2cccc(-c3nc(-c4cccc(-c5ccccc5)c4)nc(-n4c5ccccc5c5cc6cc7c8ccccc8c8ccccc8n7c6cc54)n3)c2)cc1. The Morgan fingerprint density at radius 1 is 0.276 bits per heavy atom. The van der Waals surface area contributed by atoms with Crippen LogP contribution < -0.4 is 0 Å². The molecule has 0 spiro atoms. The summed E-state index contributed by atoms with van der Waals surface area (Å²) in [7, 11) is 0. The maximum atomic E-state index is 5.34. The van der Waals surface area contributed by atoms with E-state index in [0.717, 1.165) is 60.7 Å². The molecule has 8 aromatic carbocycles. The van der Waals surface area contributed by atoms with Crippen LogP contribution >= 0.6 is 0 Å². The smallest absolute Gasteiger partial charge is 0.238 e. The van der Waals surface area contributed by atoms with E-state index in [2.05, 4.69) is 197 Å². The summed E-state index contributed by atoms with van der Waals surface area (Å²) in [5.74, 6) is 1.79. The van der Waals surface area contributed by atoms with Crippen molar-refractivity contribution in [2.45, 2.75) is 0 Å². The van der Waals surface area contributed by atoms with Crippen LogP contribution in [0.2, 0.25) is 0 Å². The third-order valence-corrected chi connectivity index (χ3v) is 11.5. The predicted molar refractivity (Wildman–Crippen MR) is 239 cm³/mol. The molecular formula is C53H33N5. The maximum Gasteiger partial charge on any atom is 0.238 e. The van der Waals surface area contributed by atoms with Gasteiger partial charge in [0.05, 0.1) is 27.6 Å². The van der Waals surface area contributed by atoms with E-state index >= 15 is 0 Å². The van der Waals surface area contributed by atoms with Crippen LogP contribution in [0.4, 0.5) is 0 Å². The molecular weight excluding hydrogens is 707 g/mol. The highest BCUT2D eigenvalue weighted by Crippen LogP contribution is 2.39. The van der Waals surface area contributed by atoms with Gasteiger partial charge >= 0.3 is 0 Å². The van der Waals surface area contributed by atoms with Crippen LogP contribution in [0.3, 0.4) is 0 Å². The Hall–Kier alpha value is -7.89. The second-order valence-electron chi connectivity index (χ2n) is 14.9. The lowest BCUT2D eigenvalue weighted by atomic mass is 10.0. The Kier molecular flexibility index (Phi) is 7.16. The number of benzene rings is 8. The predicted octanol–water partition coefficient (Wildman–Crippen LogP) is 13.3. The summed E-state index contributed by atoms with van der Waals surface area (Å²) in [4.78, 5) is 15.9. The van der Waals surface area contributed by atoms with Gasteiger partial charge in [0.15, 0.2) is 11.6 Å². The lowest BCUT2D eigenvalue weighted by Gasteiger charge is -2.13. The number of fused-ring (bicyclic) bond motifs is 11. The van der Waals surface area contributed by atoms with Crippen LogP contribution in [-0.2, 0) is 0 Å². The molecule has 0 unspecified atom stereocenters. The van der Waals surface area contributed by atoms with Gasteiger partial charge in [-0.15, -0.1) is 0 Å². The van der Waals surface area contributed by atoms with E-state index in [1.54, 1.807) is 0 Å². The first-order chi connectivity index (χ1) is 28.7. The van der Waals surface area contributed by atoms with Crippen molar-refractivity contribution in [3.8, 4) is 51.0 Å². The molecule has 0 amide bonds. The number of hydrogen-bond acceptors (Lipinski definition) is 3. The van der Waals surface area contributed by atoms with Gasteiger partial charge in [-0.1, -0.05) is 158 Å². The van der Waals surface area contributed by atoms with Crippen LogP contribution in [-0.4, -0.2) is 23.9 Å². The molecule has 58 heavy (non-hydrogen) atoms. The van der Waals surface area contributed by atoms with Crippen molar-refractivity contribution in [1.29, 1.82) is 0 Å². The molecule has 0 aliphatic rings. The molecule has 12 aromatic rings. The molecule has 4 heterocycles. The third kappa shape index (κ3) is 5.07. The zero-order valence-corrected chi connectivity index (χ0v) is 31.3. The minimum absolute atomic E-state index is 0.567. The number of para-hydroxylation sites is 2. The van der Waals surface area contributed by atoms with Crippen molar-refractivity contribution in [3.05, 3.63) is 200 Å². The monoisotopic (exact) mass is 739 g/mol. The van der Waals surface area contributed by atoms with E-state index in [-0.39, 0.29) is 0 Å².